The lowest BCUT2D eigenvalue weighted by molar-refractivity contribution is 0.294. The zero-order valence-electron chi connectivity index (χ0n) is 11.3. The van der Waals surface area contributed by atoms with Gasteiger partial charge in [0.05, 0.1) is 5.39 Å². The smallest absolute Gasteiger partial charge is 0.138 e. The molecule has 3 heterocycles. The first-order valence-corrected chi connectivity index (χ1v) is 7.85. The third kappa shape index (κ3) is 3.04. The van der Waals surface area contributed by atoms with Crippen LogP contribution < -0.4 is 5.32 Å². The van der Waals surface area contributed by atoms with Gasteiger partial charge in [0.2, 0.25) is 0 Å². The van der Waals surface area contributed by atoms with Crippen molar-refractivity contribution >= 4 is 27.4 Å². The Balaban J connectivity index is 1.57. The minimum absolute atomic E-state index is 0.641. The Kier molecular flexibility index (Phi) is 3.94. The highest BCUT2D eigenvalue weighted by Gasteiger charge is 2.14. The molecule has 19 heavy (non-hydrogen) atoms. The lowest BCUT2D eigenvalue weighted by atomic mass is 10.1. The van der Waals surface area contributed by atoms with E-state index < -0.39 is 0 Å². The van der Waals surface area contributed by atoms with Crippen LogP contribution in [0.3, 0.4) is 0 Å². The fraction of sp³-hybridized carbons (Fsp3) is 0.571. The van der Waals surface area contributed by atoms with E-state index in [4.69, 9.17) is 0 Å². The molecule has 1 fully saturated rings. The van der Waals surface area contributed by atoms with Crippen molar-refractivity contribution in [3.63, 3.8) is 0 Å². The highest BCUT2D eigenvalue weighted by atomic mass is 32.1. The molecule has 1 saturated heterocycles. The number of likely N-dealkylation sites (tertiary alicyclic amines) is 1. The maximum atomic E-state index is 4.35. The largest absolute Gasteiger partial charge is 0.369 e. The van der Waals surface area contributed by atoms with E-state index in [1.54, 1.807) is 17.7 Å². The van der Waals surface area contributed by atoms with E-state index in [-0.39, 0.29) is 0 Å². The van der Waals surface area contributed by atoms with Crippen LogP contribution in [0.2, 0.25) is 0 Å². The molecule has 1 atom stereocenters. The number of fused-ring (bicyclic) bond motifs is 1. The van der Waals surface area contributed by atoms with Gasteiger partial charge in [-0.25, -0.2) is 9.97 Å². The summed E-state index contributed by atoms with van der Waals surface area (Å²) in [6.07, 6.45) is 4.37. The van der Waals surface area contributed by atoms with Crippen LogP contribution in [0.4, 0.5) is 5.82 Å². The van der Waals surface area contributed by atoms with E-state index in [1.165, 1.54) is 32.5 Å². The average Bonchev–Trinajstić information content (AvgIpc) is 3.06. The third-order valence-electron chi connectivity index (χ3n) is 3.65. The van der Waals surface area contributed by atoms with Gasteiger partial charge in [0, 0.05) is 13.1 Å². The van der Waals surface area contributed by atoms with Crippen molar-refractivity contribution < 1.29 is 0 Å². The minimum atomic E-state index is 0.641. The molecule has 0 saturated carbocycles. The summed E-state index contributed by atoms with van der Waals surface area (Å²) in [5.41, 5.74) is 0. The Morgan fingerprint density at radius 2 is 2.21 bits per heavy atom. The van der Waals surface area contributed by atoms with Crippen LogP contribution in [0, 0.1) is 5.92 Å². The van der Waals surface area contributed by atoms with E-state index >= 15 is 0 Å². The minimum Gasteiger partial charge on any atom is -0.369 e. The quantitative estimate of drug-likeness (QED) is 0.911. The molecule has 0 aliphatic carbocycles. The van der Waals surface area contributed by atoms with Crippen molar-refractivity contribution in [3.05, 3.63) is 17.8 Å². The molecule has 1 N–H and O–H groups in total. The third-order valence-corrected chi connectivity index (χ3v) is 4.47. The highest BCUT2D eigenvalue weighted by Crippen LogP contribution is 2.23. The Bertz CT molecular complexity index is 533. The van der Waals surface area contributed by atoms with Gasteiger partial charge >= 0.3 is 0 Å². The molecule has 1 unspecified atom stereocenters. The number of thiophene rings is 1. The van der Waals surface area contributed by atoms with Crippen LogP contribution in [0.5, 0.6) is 0 Å². The zero-order valence-corrected chi connectivity index (χ0v) is 12.1. The van der Waals surface area contributed by atoms with Crippen LogP contribution in [-0.2, 0) is 0 Å². The molecule has 5 heteroatoms. The van der Waals surface area contributed by atoms with Gasteiger partial charge in [-0.2, -0.15) is 0 Å². The number of nitrogens with zero attached hydrogens (tertiary/aromatic N) is 3. The molecule has 2 aromatic rings. The summed E-state index contributed by atoms with van der Waals surface area (Å²) in [4.78, 5) is 12.2. The van der Waals surface area contributed by atoms with Crippen molar-refractivity contribution in [1.82, 2.24) is 14.9 Å². The molecule has 0 spiro atoms. The number of anilines is 1. The molecule has 0 bridgehead atoms. The van der Waals surface area contributed by atoms with Crippen LogP contribution in [0.1, 0.15) is 19.8 Å². The van der Waals surface area contributed by atoms with E-state index in [0.29, 0.717) is 5.92 Å². The predicted octanol–water partition coefficient (Wildman–Crippen LogP) is 2.84. The summed E-state index contributed by atoms with van der Waals surface area (Å²) in [7, 11) is 0. The summed E-state index contributed by atoms with van der Waals surface area (Å²) < 4.78 is 0. The summed E-state index contributed by atoms with van der Waals surface area (Å²) in [6, 6.07) is 2.09. The van der Waals surface area contributed by atoms with E-state index in [2.05, 4.69) is 38.6 Å². The first-order valence-electron chi connectivity index (χ1n) is 6.97. The number of hydrogen-bond donors (Lipinski definition) is 1. The lowest BCUT2D eigenvalue weighted by Crippen LogP contribution is -2.29. The monoisotopic (exact) mass is 276 g/mol. The second kappa shape index (κ2) is 5.84. The lowest BCUT2D eigenvalue weighted by Gasteiger charge is -2.20. The second-order valence-corrected chi connectivity index (χ2v) is 6.25. The first kappa shape index (κ1) is 12.8. The van der Waals surface area contributed by atoms with Crippen molar-refractivity contribution in [1.29, 1.82) is 0 Å². The predicted molar refractivity (Wildman–Crippen MR) is 80.7 cm³/mol. The summed E-state index contributed by atoms with van der Waals surface area (Å²) in [5, 5.41) is 6.68. The highest BCUT2D eigenvalue weighted by molar-refractivity contribution is 7.16. The molecule has 3 rings (SSSR count). The Hall–Kier alpha value is -1.20. The molecule has 2 aromatic heterocycles. The van der Waals surface area contributed by atoms with Gasteiger partial charge in [-0.05, 0) is 43.3 Å². The van der Waals surface area contributed by atoms with Gasteiger partial charge in [-0.15, -0.1) is 11.3 Å². The summed E-state index contributed by atoms with van der Waals surface area (Å²) in [5.74, 6) is 1.61. The number of aromatic nitrogens is 2. The first-order chi connectivity index (χ1) is 9.33. The van der Waals surface area contributed by atoms with Gasteiger partial charge in [0.1, 0.15) is 17.0 Å². The number of nitrogens with one attached hydrogen (secondary N) is 1. The molecule has 0 radical (unpaired) electrons. The molecule has 0 amide bonds. The maximum absolute atomic E-state index is 4.35. The fourth-order valence-corrected chi connectivity index (χ4v) is 3.41. The maximum Gasteiger partial charge on any atom is 0.138 e. The molecule has 1 aliphatic heterocycles. The average molecular weight is 276 g/mol. The van der Waals surface area contributed by atoms with Crippen LogP contribution in [-0.4, -0.2) is 41.0 Å². The van der Waals surface area contributed by atoms with Crippen molar-refractivity contribution in [2.45, 2.75) is 19.8 Å². The van der Waals surface area contributed by atoms with Crippen LogP contribution in [0.15, 0.2) is 17.8 Å². The van der Waals surface area contributed by atoms with Gasteiger partial charge in [-0.1, -0.05) is 6.92 Å². The van der Waals surface area contributed by atoms with Gasteiger partial charge < -0.3 is 10.2 Å². The summed E-state index contributed by atoms with van der Waals surface area (Å²) >= 11 is 1.66. The van der Waals surface area contributed by atoms with E-state index in [9.17, 15) is 0 Å². The summed E-state index contributed by atoms with van der Waals surface area (Å²) in [6.45, 7) is 7.00. The molecular weight excluding hydrogens is 256 g/mol. The van der Waals surface area contributed by atoms with Crippen LogP contribution >= 0.6 is 11.3 Å². The van der Waals surface area contributed by atoms with E-state index in [1.807, 2.05) is 0 Å². The van der Waals surface area contributed by atoms with Crippen LogP contribution in [0.25, 0.3) is 10.2 Å². The molecular formula is C14H20N4S. The normalized spacial score (nSPS) is 17.9. The zero-order chi connectivity index (χ0) is 13.1. The van der Waals surface area contributed by atoms with Gasteiger partial charge in [-0.3, -0.25) is 0 Å². The van der Waals surface area contributed by atoms with Crippen molar-refractivity contribution in [3.8, 4) is 0 Å². The number of rotatable bonds is 5. The molecule has 0 aromatic carbocycles. The standard InChI is InChI=1S/C14H20N4S/c1-11(9-18-5-2-3-6-18)8-15-13-12-4-7-19-14(12)17-10-16-13/h4,7,10-11H,2-3,5-6,8-9H2,1H3,(H,15,16,17). The van der Waals surface area contributed by atoms with Gasteiger partial charge in [0.15, 0.2) is 0 Å². The van der Waals surface area contributed by atoms with Crippen molar-refractivity contribution in [2.75, 3.05) is 31.5 Å². The topological polar surface area (TPSA) is 41.1 Å². The SMILES string of the molecule is CC(CNc1ncnc2sccc12)CN1CCCC1. The fourth-order valence-electron chi connectivity index (χ4n) is 2.67. The van der Waals surface area contributed by atoms with Crippen molar-refractivity contribution in [2.24, 2.45) is 5.92 Å². The molecule has 102 valence electrons. The molecule has 4 nitrogen and oxygen atoms in total. The molecule has 1 aliphatic rings. The Morgan fingerprint density at radius 3 is 3.05 bits per heavy atom. The second-order valence-electron chi connectivity index (χ2n) is 5.36. The Labute approximate surface area is 117 Å². The number of hydrogen-bond acceptors (Lipinski definition) is 5. The van der Waals surface area contributed by atoms with Gasteiger partial charge in [0.25, 0.3) is 0 Å². The Morgan fingerprint density at radius 1 is 1.37 bits per heavy atom. The van der Waals surface area contributed by atoms with E-state index in [0.717, 1.165) is 22.6 Å².